The van der Waals surface area contributed by atoms with Crippen molar-refractivity contribution in [3.63, 3.8) is 0 Å². The molecule has 0 saturated carbocycles. The summed E-state index contributed by atoms with van der Waals surface area (Å²) in [5.74, 6) is 0.828. The molecule has 9 heteroatoms. The molecule has 4 rings (SSSR count). The van der Waals surface area contributed by atoms with Crippen LogP contribution in [0, 0.1) is 0 Å². The Kier molecular flexibility index (Phi) is 8.76. The normalized spacial score (nSPS) is 18.1. The van der Waals surface area contributed by atoms with Crippen molar-refractivity contribution in [2.24, 2.45) is 0 Å². The third-order valence-electron chi connectivity index (χ3n) is 6.32. The molecule has 2 heterocycles. The van der Waals surface area contributed by atoms with Gasteiger partial charge in [0.25, 0.3) is 0 Å². The molecule has 0 spiro atoms. The maximum Gasteiger partial charge on any atom is 0.410 e. The van der Waals surface area contributed by atoms with Crippen LogP contribution < -0.4 is 5.32 Å². The van der Waals surface area contributed by atoms with E-state index in [0.29, 0.717) is 49.4 Å². The number of hydrogen-bond donors (Lipinski definition) is 1. The predicted molar refractivity (Wildman–Crippen MR) is 141 cm³/mol. The first kappa shape index (κ1) is 25.6. The van der Waals surface area contributed by atoms with Crippen LogP contribution in [0.2, 0.25) is 10.0 Å². The smallest absolute Gasteiger partial charge is 0.410 e. The molecule has 7 nitrogen and oxygen atoms in total. The largest absolute Gasteiger partial charge is 0.450 e. The summed E-state index contributed by atoms with van der Waals surface area (Å²) in [5.41, 5.74) is 3.05. The first-order valence-corrected chi connectivity index (χ1v) is 12.9. The van der Waals surface area contributed by atoms with E-state index in [2.05, 4.69) is 16.0 Å². The standard InChI is InChI=1S/C26H32Cl2N4O3/c1-3-34-14-13-32-24-8-6-5-7-23(24)30-25(32)29-19-11-12-31(26(33)35-4-2)20(17-19)15-18-9-10-21(27)22(28)16-18/h5-10,16,19-20H,3-4,11-15,17H2,1-2H3,(H,29,30)/t19-,20+/m1/s1. The molecule has 0 unspecified atom stereocenters. The number of ether oxygens (including phenoxy) is 2. The molecular formula is C26H32Cl2N4O3. The van der Waals surface area contributed by atoms with Crippen molar-refractivity contribution >= 4 is 46.3 Å². The maximum atomic E-state index is 12.7. The van der Waals surface area contributed by atoms with Crippen molar-refractivity contribution in [1.29, 1.82) is 0 Å². The number of anilines is 1. The molecule has 1 aliphatic rings. The molecule has 1 amide bonds. The lowest BCUT2D eigenvalue weighted by Gasteiger charge is -2.39. The lowest BCUT2D eigenvalue weighted by Crippen LogP contribution is -2.50. The number of likely N-dealkylation sites (tertiary alicyclic amines) is 1. The number of carbonyl (C=O) groups is 1. The van der Waals surface area contributed by atoms with Crippen LogP contribution in [0.5, 0.6) is 0 Å². The van der Waals surface area contributed by atoms with Gasteiger partial charge in [-0.15, -0.1) is 0 Å². The summed E-state index contributed by atoms with van der Waals surface area (Å²) in [7, 11) is 0. The number of hydrogen-bond acceptors (Lipinski definition) is 5. The Morgan fingerprint density at radius 3 is 2.74 bits per heavy atom. The fourth-order valence-corrected chi connectivity index (χ4v) is 4.98. The minimum absolute atomic E-state index is 0.0428. The van der Waals surface area contributed by atoms with Gasteiger partial charge in [0.2, 0.25) is 5.95 Å². The van der Waals surface area contributed by atoms with Gasteiger partial charge >= 0.3 is 6.09 Å². The summed E-state index contributed by atoms with van der Waals surface area (Å²) < 4.78 is 13.1. The molecule has 0 bridgehead atoms. The summed E-state index contributed by atoms with van der Waals surface area (Å²) in [6.45, 7) is 6.78. The summed E-state index contributed by atoms with van der Waals surface area (Å²) in [4.78, 5) is 19.4. The highest BCUT2D eigenvalue weighted by Gasteiger charge is 2.33. The molecule has 1 N–H and O–H groups in total. The van der Waals surface area contributed by atoms with Crippen molar-refractivity contribution in [1.82, 2.24) is 14.5 Å². The second-order valence-corrected chi connectivity index (χ2v) is 9.45. The molecule has 0 radical (unpaired) electrons. The van der Waals surface area contributed by atoms with Gasteiger partial charge in [0.05, 0.1) is 34.3 Å². The van der Waals surface area contributed by atoms with Crippen LogP contribution in [0.15, 0.2) is 42.5 Å². The minimum atomic E-state index is -0.278. The fraction of sp³-hybridized carbons (Fsp3) is 0.462. The quantitative estimate of drug-likeness (QED) is 0.350. The van der Waals surface area contributed by atoms with E-state index in [-0.39, 0.29) is 18.2 Å². The van der Waals surface area contributed by atoms with E-state index in [1.54, 1.807) is 6.07 Å². The predicted octanol–water partition coefficient (Wildman–Crippen LogP) is 6.02. The zero-order valence-corrected chi connectivity index (χ0v) is 21.7. The number of imidazole rings is 1. The van der Waals surface area contributed by atoms with E-state index in [1.165, 1.54) is 0 Å². The zero-order chi connectivity index (χ0) is 24.8. The van der Waals surface area contributed by atoms with Crippen molar-refractivity contribution in [2.45, 2.75) is 51.7 Å². The summed E-state index contributed by atoms with van der Waals surface area (Å²) in [6, 6.07) is 13.9. The molecule has 1 aliphatic heterocycles. The summed E-state index contributed by atoms with van der Waals surface area (Å²) >= 11 is 12.4. The Bertz CT molecular complexity index is 1150. The molecule has 1 aromatic heterocycles. The highest BCUT2D eigenvalue weighted by Crippen LogP contribution is 2.29. The highest BCUT2D eigenvalue weighted by molar-refractivity contribution is 6.42. The molecule has 1 saturated heterocycles. The number of nitrogens with one attached hydrogen (secondary N) is 1. The average molecular weight is 519 g/mol. The fourth-order valence-electron chi connectivity index (χ4n) is 4.66. The van der Waals surface area contributed by atoms with E-state index in [9.17, 15) is 4.79 Å². The molecule has 1 fully saturated rings. The van der Waals surface area contributed by atoms with Crippen LogP contribution in [0.3, 0.4) is 0 Å². The monoisotopic (exact) mass is 518 g/mol. The Morgan fingerprint density at radius 1 is 1.14 bits per heavy atom. The number of fused-ring (bicyclic) bond motifs is 1. The van der Waals surface area contributed by atoms with Gasteiger partial charge < -0.3 is 24.3 Å². The van der Waals surface area contributed by atoms with Gasteiger partial charge in [0, 0.05) is 31.8 Å². The van der Waals surface area contributed by atoms with E-state index in [4.69, 9.17) is 37.7 Å². The SMILES string of the molecule is CCOCCn1c(N[C@@H]2CCN(C(=O)OCC)[C@@H](Cc3ccc(Cl)c(Cl)c3)C2)nc2ccccc21. The van der Waals surface area contributed by atoms with Crippen molar-refractivity contribution < 1.29 is 14.3 Å². The van der Waals surface area contributed by atoms with Crippen LogP contribution in [-0.2, 0) is 22.4 Å². The Labute approximate surface area is 216 Å². The molecule has 35 heavy (non-hydrogen) atoms. The maximum absolute atomic E-state index is 12.7. The van der Waals surface area contributed by atoms with Crippen molar-refractivity contribution in [3.8, 4) is 0 Å². The van der Waals surface area contributed by atoms with E-state index >= 15 is 0 Å². The number of aromatic nitrogens is 2. The first-order valence-electron chi connectivity index (χ1n) is 12.2. The minimum Gasteiger partial charge on any atom is -0.450 e. The zero-order valence-electron chi connectivity index (χ0n) is 20.2. The average Bonchev–Trinajstić information content (AvgIpc) is 3.19. The van der Waals surface area contributed by atoms with Crippen molar-refractivity contribution in [3.05, 3.63) is 58.1 Å². The van der Waals surface area contributed by atoms with E-state index in [1.807, 2.05) is 49.1 Å². The third kappa shape index (κ3) is 6.21. The second kappa shape index (κ2) is 12.0. The summed E-state index contributed by atoms with van der Waals surface area (Å²) in [6.07, 6.45) is 1.94. The Morgan fingerprint density at radius 2 is 1.97 bits per heavy atom. The first-order chi connectivity index (χ1) is 17.0. The molecular weight excluding hydrogens is 487 g/mol. The van der Waals surface area contributed by atoms with E-state index in [0.717, 1.165) is 35.4 Å². The number of halogens is 2. The van der Waals surface area contributed by atoms with Crippen LogP contribution in [0.1, 0.15) is 32.3 Å². The number of carbonyl (C=O) groups excluding carboxylic acids is 1. The number of benzene rings is 2. The molecule has 0 aliphatic carbocycles. The molecule has 2 atom stereocenters. The molecule has 3 aromatic rings. The van der Waals surface area contributed by atoms with Gasteiger partial charge in [-0.2, -0.15) is 0 Å². The number of nitrogens with zero attached hydrogens (tertiary/aromatic N) is 3. The van der Waals surface area contributed by atoms with Crippen LogP contribution in [0.25, 0.3) is 11.0 Å². The van der Waals surface area contributed by atoms with Crippen molar-refractivity contribution in [2.75, 3.05) is 31.7 Å². The molecule has 2 aromatic carbocycles. The topological polar surface area (TPSA) is 68.6 Å². The van der Waals surface area contributed by atoms with Gasteiger partial charge in [0.1, 0.15) is 0 Å². The van der Waals surface area contributed by atoms with Gasteiger partial charge in [0.15, 0.2) is 0 Å². The Hall–Kier alpha value is -2.48. The van der Waals surface area contributed by atoms with Crippen LogP contribution in [0.4, 0.5) is 10.7 Å². The number of para-hydroxylation sites is 2. The van der Waals surface area contributed by atoms with Gasteiger partial charge in [-0.1, -0.05) is 41.4 Å². The van der Waals surface area contributed by atoms with Gasteiger partial charge in [-0.05, 0) is 62.9 Å². The highest BCUT2D eigenvalue weighted by atomic mass is 35.5. The van der Waals surface area contributed by atoms with Gasteiger partial charge in [-0.3, -0.25) is 0 Å². The number of piperidine rings is 1. The third-order valence-corrected chi connectivity index (χ3v) is 7.06. The Balaban J connectivity index is 1.54. The number of amides is 1. The summed E-state index contributed by atoms with van der Waals surface area (Å²) in [5, 5.41) is 4.70. The van der Waals surface area contributed by atoms with Crippen LogP contribution >= 0.6 is 23.2 Å². The lowest BCUT2D eigenvalue weighted by molar-refractivity contribution is 0.0745. The lowest BCUT2D eigenvalue weighted by atomic mass is 9.92. The number of rotatable bonds is 9. The van der Waals surface area contributed by atoms with Gasteiger partial charge in [-0.25, -0.2) is 9.78 Å². The molecule has 188 valence electrons. The second-order valence-electron chi connectivity index (χ2n) is 8.64. The van der Waals surface area contributed by atoms with E-state index < -0.39 is 0 Å². The van der Waals surface area contributed by atoms with Crippen LogP contribution in [-0.4, -0.2) is 59.0 Å².